The average Bonchev–Trinajstić information content (AvgIpc) is 3.33. The highest BCUT2D eigenvalue weighted by molar-refractivity contribution is 6.31. The van der Waals surface area contributed by atoms with Crippen LogP contribution in [0.4, 0.5) is 0 Å². The highest BCUT2D eigenvalue weighted by Gasteiger charge is 2.58. The van der Waals surface area contributed by atoms with Crippen LogP contribution in [-0.2, 0) is 20.9 Å². The van der Waals surface area contributed by atoms with Crippen molar-refractivity contribution in [1.29, 1.82) is 0 Å². The number of ether oxygens (including phenoxy) is 2. The molecule has 0 saturated carbocycles. The van der Waals surface area contributed by atoms with Crippen molar-refractivity contribution in [3.05, 3.63) is 118 Å². The van der Waals surface area contributed by atoms with Gasteiger partial charge < -0.3 is 9.47 Å². The normalized spacial score (nSPS) is 23.8. The van der Waals surface area contributed by atoms with Crippen molar-refractivity contribution in [3.8, 4) is 5.69 Å². The molecule has 1 spiro atoms. The fourth-order valence-corrected chi connectivity index (χ4v) is 4.69. The third-order valence-corrected chi connectivity index (χ3v) is 6.27. The van der Waals surface area contributed by atoms with Gasteiger partial charge in [-0.15, -0.1) is 0 Å². The van der Waals surface area contributed by atoms with Crippen LogP contribution in [0.2, 0.25) is 5.02 Å². The number of nitrogens with zero attached hydrogens (tertiary/aromatic N) is 2. The second-order valence-electron chi connectivity index (χ2n) is 7.72. The van der Waals surface area contributed by atoms with E-state index in [0.717, 1.165) is 11.1 Å². The van der Waals surface area contributed by atoms with Gasteiger partial charge in [-0.2, -0.15) is 0 Å². The Morgan fingerprint density at radius 2 is 1.84 bits per heavy atom. The Morgan fingerprint density at radius 3 is 2.65 bits per heavy atom. The third kappa shape index (κ3) is 2.39. The van der Waals surface area contributed by atoms with Crippen molar-refractivity contribution < 1.29 is 9.47 Å². The molecule has 3 heterocycles. The van der Waals surface area contributed by atoms with E-state index in [-0.39, 0.29) is 12.2 Å². The predicted octanol–water partition coefficient (Wildman–Crippen LogP) is 4.68. The second-order valence-corrected chi connectivity index (χ2v) is 8.16. The summed E-state index contributed by atoms with van der Waals surface area (Å²) in [6.07, 6.45) is 1.75. The maximum Gasteiger partial charge on any atom is 0.266 e. The minimum absolute atomic E-state index is 0.191. The van der Waals surface area contributed by atoms with E-state index in [0.29, 0.717) is 27.4 Å². The monoisotopic (exact) mass is 428 g/mol. The van der Waals surface area contributed by atoms with Gasteiger partial charge >= 0.3 is 0 Å². The number of halogens is 1. The van der Waals surface area contributed by atoms with Gasteiger partial charge in [0, 0.05) is 10.6 Å². The smallest absolute Gasteiger partial charge is 0.266 e. The fraction of sp³-hybridized carbons (Fsp3) is 0.120. The van der Waals surface area contributed by atoms with E-state index in [2.05, 4.69) is 6.58 Å². The first-order valence-electron chi connectivity index (χ1n) is 9.94. The summed E-state index contributed by atoms with van der Waals surface area (Å²) < 4.78 is 14.7. The summed E-state index contributed by atoms with van der Waals surface area (Å²) in [5.74, 6) is -0.954. The first-order chi connectivity index (χ1) is 15.1. The lowest BCUT2D eigenvalue weighted by Gasteiger charge is -2.28. The van der Waals surface area contributed by atoms with E-state index in [1.165, 1.54) is 0 Å². The van der Waals surface area contributed by atoms with E-state index >= 15 is 0 Å². The molecule has 1 aromatic heterocycles. The molecule has 5 nitrogen and oxygen atoms in total. The van der Waals surface area contributed by atoms with Gasteiger partial charge in [0.15, 0.2) is 5.82 Å². The molecule has 152 valence electrons. The number of aromatic nitrogens is 2. The first-order valence-corrected chi connectivity index (χ1v) is 10.3. The molecule has 2 unspecified atom stereocenters. The van der Waals surface area contributed by atoms with Gasteiger partial charge in [0.1, 0.15) is 5.60 Å². The lowest BCUT2D eigenvalue weighted by Crippen LogP contribution is -2.34. The maximum absolute atomic E-state index is 13.5. The molecule has 0 amide bonds. The van der Waals surface area contributed by atoms with Crippen molar-refractivity contribution in [1.82, 2.24) is 9.55 Å². The number of para-hydroxylation sites is 1. The summed E-state index contributed by atoms with van der Waals surface area (Å²) in [5.41, 5.74) is 1.78. The molecule has 0 radical (unpaired) electrons. The van der Waals surface area contributed by atoms with Gasteiger partial charge in [-0.05, 0) is 29.8 Å². The summed E-state index contributed by atoms with van der Waals surface area (Å²) in [6.45, 7) is 4.26. The van der Waals surface area contributed by atoms with Gasteiger partial charge in [-0.3, -0.25) is 9.36 Å². The Hall–Kier alpha value is -3.25. The molecule has 6 rings (SSSR count). The number of benzene rings is 3. The number of fused-ring (bicyclic) bond motifs is 6. The van der Waals surface area contributed by atoms with Gasteiger partial charge in [-0.25, -0.2) is 4.98 Å². The Kier molecular flexibility index (Phi) is 3.81. The zero-order chi connectivity index (χ0) is 21.2. The molecule has 31 heavy (non-hydrogen) atoms. The van der Waals surface area contributed by atoms with E-state index in [1.807, 2.05) is 54.6 Å². The molecule has 1 saturated heterocycles. The Balaban J connectivity index is 1.65. The van der Waals surface area contributed by atoms with Crippen LogP contribution < -0.4 is 5.56 Å². The van der Waals surface area contributed by atoms with E-state index in [4.69, 9.17) is 26.1 Å². The number of rotatable bonds is 2. The Bertz CT molecular complexity index is 1430. The summed E-state index contributed by atoms with van der Waals surface area (Å²) in [4.78, 5) is 18.3. The van der Waals surface area contributed by atoms with Gasteiger partial charge in [0.05, 0.1) is 23.2 Å². The molecule has 1 fully saturated rings. The van der Waals surface area contributed by atoms with Crippen LogP contribution in [0.1, 0.15) is 17.0 Å². The van der Waals surface area contributed by atoms with Crippen LogP contribution in [0.5, 0.6) is 0 Å². The van der Waals surface area contributed by atoms with Crippen LogP contribution >= 0.6 is 11.6 Å². The zero-order valence-electron chi connectivity index (χ0n) is 16.4. The topological polar surface area (TPSA) is 53.4 Å². The minimum Gasteiger partial charge on any atom is -0.336 e. The molecule has 4 aromatic rings. The maximum atomic E-state index is 13.5. The van der Waals surface area contributed by atoms with E-state index in [1.54, 1.807) is 28.8 Å². The second kappa shape index (κ2) is 6.37. The van der Waals surface area contributed by atoms with Gasteiger partial charge in [0.25, 0.3) is 11.3 Å². The molecule has 2 aliphatic heterocycles. The standard InChI is InChI=1S/C25H17ClN2O3/c1-2-24(16-8-4-3-5-9-16)15-30-25(31-24)19-10-6-7-11-21(19)28-22(29)18-13-12-17(26)14-20(18)27-23(25)28/h2-14H,1,15H2. The van der Waals surface area contributed by atoms with Crippen molar-refractivity contribution in [2.75, 3.05) is 6.61 Å². The van der Waals surface area contributed by atoms with Crippen molar-refractivity contribution >= 4 is 22.5 Å². The van der Waals surface area contributed by atoms with Gasteiger partial charge in [-0.1, -0.05) is 72.8 Å². The lowest BCUT2D eigenvalue weighted by molar-refractivity contribution is -0.159. The number of hydrogen-bond acceptors (Lipinski definition) is 4. The third-order valence-electron chi connectivity index (χ3n) is 6.03. The Labute approximate surface area is 183 Å². The molecular weight excluding hydrogens is 412 g/mol. The van der Waals surface area contributed by atoms with Crippen LogP contribution in [0.15, 0.2) is 90.2 Å². The molecule has 2 aliphatic rings. The largest absolute Gasteiger partial charge is 0.336 e. The van der Waals surface area contributed by atoms with Gasteiger partial charge in [0.2, 0.25) is 0 Å². The van der Waals surface area contributed by atoms with Crippen LogP contribution in [0, 0.1) is 0 Å². The minimum atomic E-state index is -1.34. The predicted molar refractivity (Wildman–Crippen MR) is 118 cm³/mol. The molecular formula is C25H17ClN2O3. The number of hydrogen-bond donors (Lipinski definition) is 0. The molecule has 0 aliphatic carbocycles. The SMILES string of the molecule is C=CC1(c2ccccc2)COC2(O1)c1ccccc1-n1c2nc2cc(Cl)ccc2c1=O. The first kappa shape index (κ1) is 18.5. The van der Waals surface area contributed by atoms with E-state index < -0.39 is 11.4 Å². The van der Waals surface area contributed by atoms with Crippen LogP contribution in [0.25, 0.3) is 16.6 Å². The summed E-state index contributed by atoms with van der Waals surface area (Å²) >= 11 is 6.19. The highest BCUT2D eigenvalue weighted by atomic mass is 35.5. The Morgan fingerprint density at radius 1 is 1.06 bits per heavy atom. The molecule has 6 heteroatoms. The lowest BCUT2D eigenvalue weighted by atomic mass is 9.95. The quantitative estimate of drug-likeness (QED) is 0.435. The summed E-state index contributed by atoms with van der Waals surface area (Å²) in [6, 6.07) is 22.4. The zero-order valence-corrected chi connectivity index (χ0v) is 17.2. The van der Waals surface area contributed by atoms with Crippen molar-refractivity contribution in [3.63, 3.8) is 0 Å². The molecule has 0 bridgehead atoms. The van der Waals surface area contributed by atoms with Crippen molar-refractivity contribution in [2.24, 2.45) is 0 Å². The summed E-state index contributed by atoms with van der Waals surface area (Å²) in [7, 11) is 0. The molecule has 0 N–H and O–H groups in total. The van der Waals surface area contributed by atoms with Crippen LogP contribution in [0.3, 0.4) is 0 Å². The van der Waals surface area contributed by atoms with E-state index in [9.17, 15) is 4.79 Å². The summed E-state index contributed by atoms with van der Waals surface area (Å²) in [5, 5.41) is 0.989. The highest BCUT2D eigenvalue weighted by Crippen LogP contribution is 2.52. The average molecular weight is 429 g/mol. The fourth-order valence-electron chi connectivity index (χ4n) is 4.52. The van der Waals surface area contributed by atoms with Crippen LogP contribution in [-0.4, -0.2) is 16.2 Å². The molecule has 3 aromatic carbocycles. The molecule has 2 atom stereocenters. The van der Waals surface area contributed by atoms with Crippen molar-refractivity contribution in [2.45, 2.75) is 11.4 Å².